The van der Waals surface area contributed by atoms with Crippen molar-refractivity contribution in [2.45, 2.75) is 32.6 Å². The average molecular weight is 254 g/mol. The standard InChI is InChI=1S/C12H18N2O2S/c1-8(2)11-13-5-9(17-11)10(16)14-6-12(7-15)3-4-12/h5,8,15H,3-4,6-7H2,1-2H3,(H,14,16). The van der Waals surface area contributed by atoms with Gasteiger partial charge in [-0.2, -0.15) is 0 Å². The van der Waals surface area contributed by atoms with Gasteiger partial charge in [-0.15, -0.1) is 11.3 Å². The fourth-order valence-electron chi connectivity index (χ4n) is 1.58. The Balaban J connectivity index is 1.90. The third-order valence-corrected chi connectivity index (χ3v) is 4.45. The summed E-state index contributed by atoms with van der Waals surface area (Å²) in [6.07, 6.45) is 3.64. The van der Waals surface area contributed by atoms with Crippen LogP contribution in [0.4, 0.5) is 0 Å². The van der Waals surface area contributed by atoms with E-state index in [0.29, 0.717) is 17.3 Å². The molecule has 0 aliphatic heterocycles. The van der Waals surface area contributed by atoms with Gasteiger partial charge in [-0.1, -0.05) is 13.8 Å². The van der Waals surface area contributed by atoms with Gasteiger partial charge in [0, 0.05) is 17.9 Å². The van der Waals surface area contributed by atoms with Crippen molar-refractivity contribution in [3.05, 3.63) is 16.1 Å². The Hall–Kier alpha value is -0.940. The van der Waals surface area contributed by atoms with Crippen molar-refractivity contribution in [2.75, 3.05) is 13.2 Å². The lowest BCUT2D eigenvalue weighted by molar-refractivity contribution is 0.0939. The number of aromatic nitrogens is 1. The number of aliphatic hydroxyl groups is 1. The van der Waals surface area contributed by atoms with Crippen LogP contribution in [-0.4, -0.2) is 29.1 Å². The predicted molar refractivity (Wildman–Crippen MR) is 67.3 cm³/mol. The topological polar surface area (TPSA) is 62.2 Å². The van der Waals surface area contributed by atoms with E-state index >= 15 is 0 Å². The second-order valence-electron chi connectivity index (χ2n) is 5.06. The Bertz CT molecular complexity index is 410. The van der Waals surface area contributed by atoms with Crippen molar-refractivity contribution in [3.63, 3.8) is 0 Å². The summed E-state index contributed by atoms with van der Waals surface area (Å²) in [5, 5.41) is 13.0. The Kier molecular flexibility index (Phi) is 3.49. The van der Waals surface area contributed by atoms with Crippen LogP contribution in [0.1, 0.15) is 47.3 Å². The van der Waals surface area contributed by atoms with E-state index in [1.54, 1.807) is 6.20 Å². The molecule has 1 aromatic heterocycles. The van der Waals surface area contributed by atoms with Crippen LogP contribution in [0.2, 0.25) is 0 Å². The maximum absolute atomic E-state index is 11.8. The molecule has 0 bridgehead atoms. The highest BCUT2D eigenvalue weighted by atomic mass is 32.1. The minimum Gasteiger partial charge on any atom is -0.396 e. The van der Waals surface area contributed by atoms with Crippen molar-refractivity contribution in [1.82, 2.24) is 10.3 Å². The molecule has 4 nitrogen and oxygen atoms in total. The van der Waals surface area contributed by atoms with Gasteiger partial charge in [-0.25, -0.2) is 4.98 Å². The van der Waals surface area contributed by atoms with Crippen molar-refractivity contribution < 1.29 is 9.90 Å². The number of rotatable bonds is 5. The summed E-state index contributed by atoms with van der Waals surface area (Å²) in [7, 11) is 0. The van der Waals surface area contributed by atoms with E-state index in [2.05, 4.69) is 24.1 Å². The van der Waals surface area contributed by atoms with E-state index in [4.69, 9.17) is 5.11 Å². The zero-order chi connectivity index (χ0) is 12.5. The monoisotopic (exact) mass is 254 g/mol. The second kappa shape index (κ2) is 4.74. The number of amides is 1. The molecule has 1 aliphatic carbocycles. The molecule has 0 aromatic carbocycles. The molecule has 2 rings (SSSR count). The van der Waals surface area contributed by atoms with Gasteiger partial charge in [0.05, 0.1) is 17.8 Å². The lowest BCUT2D eigenvalue weighted by Crippen LogP contribution is -2.31. The number of nitrogens with one attached hydrogen (secondary N) is 1. The molecule has 0 spiro atoms. The van der Waals surface area contributed by atoms with Crippen LogP contribution in [0, 0.1) is 5.41 Å². The molecular weight excluding hydrogens is 236 g/mol. The second-order valence-corrected chi connectivity index (χ2v) is 6.12. The molecule has 1 saturated carbocycles. The molecule has 2 N–H and O–H groups in total. The molecule has 0 saturated heterocycles. The number of thiazole rings is 1. The van der Waals surface area contributed by atoms with Crippen molar-refractivity contribution >= 4 is 17.2 Å². The third-order valence-electron chi connectivity index (χ3n) is 3.16. The van der Waals surface area contributed by atoms with Gasteiger partial charge >= 0.3 is 0 Å². The Morgan fingerprint density at radius 3 is 2.82 bits per heavy atom. The lowest BCUT2D eigenvalue weighted by atomic mass is 10.1. The summed E-state index contributed by atoms with van der Waals surface area (Å²) < 4.78 is 0. The summed E-state index contributed by atoms with van der Waals surface area (Å²) in [5.41, 5.74) is -0.0405. The van der Waals surface area contributed by atoms with E-state index in [9.17, 15) is 4.79 Å². The first-order chi connectivity index (χ1) is 8.06. The first-order valence-corrected chi connectivity index (χ1v) is 6.73. The number of nitrogens with zero attached hydrogens (tertiary/aromatic N) is 1. The van der Waals surface area contributed by atoms with Crippen molar-refractivity contribution in [1.29, 1.82) is 0 Å². The molecule has 1 amide bonds. The molecule has 5 heteroatoms. The summed E-state index contributed by atoms with van der Waals surface area (Å²) >= 11 is 1.44. The smallest absolute Gasteiger partial charge is 0.263 e. The number of carbonyl (C=O) groups excluding carboxylic acids is 1. The third kappa shape index (κ3) is 2.84. The SMILES string of the molecule is CC(C)c1ncc(C(=O)NCC2(CO)CC2)s1. The van der Waals surface area contributed by atoms with Gasteiger partial charge in [-0.05, 0) is 12.8 Å². The number of aliphatic hydroxyl groups excluding tert-OH is 1. The average Bonchev–Trinajstić information content (AvgIpc) is 2.92. The van der Waals surface area contributed by atoms with Crippen molar-refractivity contribution in [3.8, 4) is 0 Å². The molecule has 0 radical (unpaired) electrons. The normalized spacial score (nSPS) is 17.2. The van der Waals surface area contributed by atoms with E-state index in [1.165, 1.54) is 11.3 Å². The van der Waals surface area contributed by atoms with Gasteiger partial charge in [0.15, 0.2) is 0 Å². The van der Waals surface area contributed by atoms with Gasteiger partial charge in [-0.3, -0.25) is 4.79 Å². The minimum atomic E-state index is -0.0749. The number of hydrogen-bond acceptors (Lipinski definition) is 4. The fourth-order valence-corrected chi connectivity index (χ4v) is 2.42. The molecule has 0 atom stereocenters. The van der Waals surface area contributed by atoms with Crippen LogP contribution < -0.4 is 5.32 Å². The lowest BCUT2D eigenvalue weighted by Gasteiger charge is -2.11. The molecule has 1 fully saturated rings. The van der Waals surface area contributed by atoms with Crippen LogP contribution in [0.3, 0.4) is 0 Å². The van der Waals surface area contributed by atoms with Crippen LogP contribution >= 0.6 is 11.3 Å². The maximum atomic E-state index is 11.8. The van der Waals surface area contributed by atoms with Crippen molar-refractivity contribution in [2.24, 2.45) is 5.41 Å². The summed E-state index contributed by atoms with van der Waals surface area (Å²) in [4.78, 5) is 16.7. The quantitative estimate of drug-likeness (QED) is 0.841. The first kappa shape index (κ1) is 12.5. The highest BCUT2D eigenvalue weighted by molar-refractivity contribution is 7.13. The minimum absolute atomic E-state index is 0.0405. The molecular formula is C12H18N2O2S. The maximum Gasteiger partial charge on any atom is 0.263 e. The molecule has 1 aliphatic rings. The van der Waals surface area contributed by atoms with Crippen LogP contribution in [0.15, 0.2) is 6.20 Å². The highest BCUT2D eigenvalue weighted by Gasteiger charge is 2.42. The molecule has 94 valence electrons. The van der Waals surface area contributed by atoms with Gasteiger partial charge < -0.3 is 10.4 Å². The summed E-state index contributed by atoms with van der Waals surface area (Å²) in [5.74, 6) is 0.280. The zero-order valence-electron chi connectivity index (χ0n) is 10.2. The van der Waals surface area contributed by atoms with Crippen LogP contribution in [0.5, 0.6) is 0 Å². The molecule has 1 aromatic rings. The Labute approximate surface area is 105 Å². The fraction of sp³-hybridized carbons (Fsp3) is 0.667. The Morgan fingerprint density at radius 1 is 1.65 bits per heavy atom. The van der Waals surface area contributed by atoms with Crippen LogP contribution in [-0.2, 0) is 0 Å². The largest absolute Gasteiger partial charge is 0.396 e. The van der Waals surface area contributed by atoms with Gasteiger partial charge in [0.25, 0.3) is 5.91 Å². The van der Waals surface area contributed by atoms with Gasteiger partial charge in [0.1, 0.15) is 4.88 Å². The predicted octanol–water partition coefficient (Wildman–Crippen LogP) is 1.77. The molecule has 0 unspecified atom stereocenters. The van der Waals surface area contributed by atoms with E-state index in [1.807, 2.05) is 0 Å². The van der Waals surface area contributed by atoms with E-state index < -0.39 is 0 Å². The first-order valence-electron chi connectivity index (χ1n) is 5.91. The van der Waals surface area contributed by atoms with Gasteiger partial charge in [0.2, 0.25) is 0 Å². The number of carbonyl (C=O) groups is 1. The highest BCUT2D eigenvalue weighted by Crippen LogP contribution is 2.44. The molecule has 1 heterocycles. The Morgan fingerprint density at radius 2 is 2.35 bits per heavy atom. The van der Waals surface area contributed by atoms with E-state index in [0.717, 1.165) is 17.8 Å². The summed E-state index contributed by atoms with van der Waals surface area (Å²) in [6, 6.07) is 0. The molecule has 17 heavy (non-hydrogen) atoms. The zero-order valence-corrected chi connectivity index (χ0v) is 11.0. The summed E-state index contributed by atoms with van der Waals surface area (Å²) in [6.45, 7) is 4.85. The van der Waals surface area contributed by atoms with Crippen LogP contribution in [0.25, 0.3) is 0 Å². The number of hydrogen-bond donors (Lipinski definition) is 2. The van der Waals surface area contributed by atoms with E-state index in [-0.39, 0.29) is 17.9 Å².